The Morgan fingerprint density at radius 3 is 2.61 bits per heavy atom. The number of hydrogen-bond acceptors (Lipinski definition) is 3. The Morgan fingerprint density at radius 2 is 2.00 bits per heavy atom. The first kappa shape index (κ1) is 14.3. The molecule has 18 heavy (non-hydrogen) atoms. The van der Waals surface area contributed by atoms with Crippen LogP contribution in [0.5, 0.6) is 0 Å². The van der Waals surface area contributed by atoms with Crippen molar-refractivity contribution in [2.24, 2.45) is 11.1 Å². The molecule has 2 aliphatic rings. The van der Waals surface area contributed by atoms with E-state index in [4.69, 9.17) is 10.5 Å². The fraction of sp³-hybridized carbons (Fsp3) is 1.00. The van der Waals surface area contributed by atoms with E-state index in [9.17, 15) is 0 Å². The van der Waals surface area contributed by atoms with E-state index in [-0.39, 0.29) is 11.0 Å². The SMILES string of the molecule is CN(CC(C)(C)CN)C1CCOC2(CCCC2)C1. The molecule has 106 valence electrons. The van der Waals surface area contributed by atoms with Gasteiger partial charge >= 0.3 is 0 Å². The molecule has 1 aliphatic carbocycles. The predicted octanol–water partition coefficient (Wildman–Crippen LogP) is 2.39. The van der Waals surface area contributed by atoms with Crippen LogP contribution in [0.15, 0.2) is 0 Å². The van der Waals surface area contributed by atoms with Crippen LogP contribution in [0.2, 0.25) is 0 Å². The summed E-state index contributed by atoms with van der Waals surface area (Å²) in [4.78, 5) is 2.52. The summed E-state index contributed by atoms with van der Waals surface area (Å²) in [6.07, 6.45) is 7.66. The van der Waals surface area contributed by atoms with Crippen molar-refractivity contribution in [2.45, 2.75) is 64.0 Å². The Kier molecular flexibility index (Phi) is 4.35. The lowest BCUT2D eigenvalue weighted by atomic mass is 9.86. The Hall–Kier alpha value is -0.120. The third-order valence-corrected chi connectivity index (χ3v) is 4.84. The molecule has 1 aliphatic heterocycles. The van der Waals surface area contributed by atoms with Crippen LogP contribution in [-0.4, -0.2) is 43.3 Å². The topological polar surface area (TPSA) is 38.5 Å². The van der Waals surface area contributed by atoms with Gasteiger partial charge in [-0.15, -0.1) is 0 Å². The van der Waals surface area contributed by atoms with Crippen LogP contribution >= 0.6 is 0 Å². The van der Waals surface area contributed by atoms with Crippen LogP contribution < -0.4 is 5.73 Å². The number of nitrogens with zero attached hydrogens (tertiary/aromatic N) is 1. The zero-order valence-corrected chi connectivity index (χ0v) is 12.4. The Morgan fingerprint density at radius 1 is 1.33 bits per heavy atom. The highest BCUT2D eigenvalue weighted by Gasteiger charge is 2.41. The summed E-state index contributed by atoms with van der Waals surface area (Å²) in [5.41, 5.74) is 6.29. The third-order valence-electron chi connectivity index (χ3n) is 4.84. The lowest BCUT2D eigenvalue weighted by Gasteiger charge is -2.43. The van der Waals surface area contributed by atoms with Crippen molar-refractivity contribution in [2.75, 3.05) is 26.7 Å². The standard InChI is InChI=1S/C15H30N2O/c1-14(2,11-16)12-17(3)13-6-9-18-15(10-13)7-4-5-8-15/h13H,4-12,16H2,1-3H3. The quantitative estimate of drug-likeness (QED) is 0.837. The minimum atomic E-state index is 0.218. The minimum Gasteiger partial charge on any atom is -0.375 e. The molecule has 0 aromatic carbocycles. The van der Waals surface area contributed by atoms with Gasteiger partial charge in [0.2, 0.25) is 0 Å². The fourth-order valence-electron chi connectivity index (χ4n) is 3.61. The normalized spacial score (nSPS) is 28.2. The van der Waals surface area contributed by atoms with Crippen LogP contribution in [0.4, 0.5) is 0 Å². The molecule has 1 saturated carbocycles. The van der Waals surface area contributed by atoms with Crippen LogP contribution in [0.3, 0.4) is 0 Å². The van der Waals surface area contributed by atoms with E-state index in [2.05, 4.69) is 25.8 Å². The summed E-state index contributed by atoms with van der Waals surface area (Å²) in [5, 5.41) is 0. The molecule has 1 spiro atoms. The predicted molar refractivity (Wildman–Crippen MR) is 75.6 cm³/mol. The van der Waals surface area contributed by atoms with Crippen LogP contribution in [-0.2, 0) is 4.74 Å². The number of ether oxygens (including phenoxy) is 1. The lowest BCUT2D eigenvalue weighted by molar-refractivity contribution is -0.101. The monoisotopic (exact) mass is 254 g/mol. The van der Waals surface area contributed by atoms with Gasteiger partial charge in [-0.05, 0) is 44.7 Å². The summed E-state index contributed by atoms with van der Waals surface area (Å²) in [5.74, 6) is 0. The molecule has 3 nitrogen and oxygen atoms in total. The maximum atomic E-state index is 6.11. The zero-order chi connectivity index (χ0) is 13.2. The summed E-state index contributed by atoms with van der Waals surface area (Å²) in [6, 6.07) is 0.683. The van der Waals surface area contributed by atoms with Crippen molar-refractivity contribution >= 4 is 0 Å². The van der Waals surface area contributed by atoms with E-state index < -0.39 is 0 Å². The number of nitrogens with two attached hydrogens (primary N) is 1. The molecular weight excluding hydrogens is 224 g/mol. The largest absolute Gasteiger partial charge is 0.375 e. The summed E-state index contributed by atoms with van der Waals surface area (Å²) < 4.78 is 6.11. The molecule has 0 aromatic rings. The highest BCUT2D eigenvalue weighted by Crippen LogP contribution is 2.41. The highest BCUT2D eigenvalue weighted by atomic mass is 16.5. The summed E-state index contributed by atoms with van der Waals surface area (Å²) in [6.45, 7) is 7.30. The van der Waals surface area contributed by atoms with Gasteiger partial charge in [-0.1, -0.05) is 26.7 Å². The van der Waals surface area contributed by atoms with Gasteiger partial charge in [-0.3, -0.25) is 0 Å². The van der Waals surface area contributed by atoms with Crippen molar-refractivity contribution in [3.63, 3.8) is 0 Å². The zero-order valence-electron chi connectivity index (χ0n) is 12.4. The Balaban J connectivity index is 1.92. The van der Waals surface area contributed by atoms with Crippen molar-refractivity contribution < 1.29 is 4.74 Å². The molecule has 0 bridgehead atoms. The van der Waals surface area contributed by atoms with Crippen molar-refractivity contribution in [3.05, 3.63) is 0 Å². The first-order valence-corrected chi connectivity index (χ1v) is 7.51. The third kappa shape index (κ3) is 3.25. The van der Waals surface area contributed by atoms with E-state index in [1.165, 1.54) is 38.5 Å². The van der Waals surface area contributed by atoms with Gasteiger partial charge < -0.3 is 15.4 Å². The maximum absolute atomic E-state index is 6.11. The van der Waals surface area contributed by atoms with Gasteiger partial charge in [0.05, 0.1) is 5.60 Å². The second-order valence-electron chi connectivity index (χ2n) is 7.17. The number of rotatable bonds is 4. The van der Waals surface area contributed by atoms with Crippen LogP contribution in [0.25, 0.3) is 0 Å². The first-order valence-electron chi connectivity index (χ1n) is 7.51. The van der Waals surface area contributed by atoms with Gasteiger partial charge in [0, 0.05) is 19.2 Å². The minimum absolute atomic E-state index is 0.218. The van der Waals surface area contributed by atoms with E-state index in [1.807, 2.05) is 0 Å². The van der Waals surface area contributed by atoms with Gasteiger partial charge in [0.15, 0.2) is 0 Å². The molecule has 1 atom stereocenters. The molecule has 2 N–H and O–H groups in total. The molecule has 0 radical (unpaired) electrons. The molecule has 0 aromatic heterocycles. The van der Waals surface area contributed by atoms with Crippen molar-refractivity contribution in [3.8, 4) is 0 Å². The van der Waals surface area contributed by atoms with Crippen LogP contribution in [0.1, 0.15) is 52.4 Å². The molecule has 2 fully saturated rings. The van der Waals surface area contributed by atoms with Gasteiger partial charge in [-0.2, -0.15) is 0 Å². The molecule has 1 unspecified atom stereocenters. The summed E-state index contributed by atoms with van der Waals surface area (Å²) >= 11 is 0. The average molecular weight is 254 g/mol. The lowest BCUT2D eigenvalue weighted by Crippen LogP contribution is -2.49. The Labute approximate surface area is 112 Å². The van der Waals surface area contributed by atoms with E-state index >= 15 is 0 Å². The smallest absolute Gasteiger partial charge is 0.0697 e. The van der Waals surface area contributed by atoms with E-state index in [0.29, 0.717) is 6.04 Å². The highest BCUT2D eigenvalue weighted by molar-refractivity contribution is 4.94. The maximum Gasteiger partial charge on any atom is 0.0697 e. The van der Waals surface area contributed by atoms with Gasteiger partial charge in [0.1, 0.15) is 0 Å². The molecule has 2 rings (SSSR count). The van der Waals surface area contributed by atoms with Crippen molar-refractivity contribution in [1.29, 1.82) is 0 Å². The molecule has 1 saturated heterocycles. The van der Waals surface area contributed by atoms with E-state index in [0.717, 1.165) is 19.7 Å². The number of hydrogen-bond donors (Lipinski definition) is 1. The van der Waals surface area contributed by atoms with Gasteiger partial charge in [0.25, 0.3) is 0 Å². The van der Waals surface area contributed by atoms with Crippen molar-refractivity contribution in [1.82, 2.24) is 4.90 Å². The second kappa shape index (κ2) is 5.48. The van der Waals surface area contributed by atoms with E-state index in [1.54, 1.807) is 0 Å². The summed E-state index contributed by atoms with van der Waals surface area (Å²) in [7, 11) is 2.26. The van der Waals surface area contributed by atoms with Gasteiger partial charge in [-0.25, -0.2) is 0 Å². The van der Waals surface area contributed by atoms with Crippen LogP contribution in [0, 0.1) is 5.41 Å². The molecule has 0 amide bonds. The Bertz CT molecular complexity index is 272. The first-order chi connectivity index (χ1) is 8.46. The molecule has 1 heterocycles. The molecule has 3 heteroatoms. The average Bonchev–Trinajstić information content (AvgIpc) is 2.77. The fourth-order valence-corrected chi connectivity index (χ4v) is 3.61. The molecular formula is C15H30N2O. The second-order valence-corrected chi connectivity index (χ2v) is 7.17.